The Kier molecular flexibility index (Phi) is 11.4. The summed E-state index contributed by atoms with van der Waals surface area (Å²) >= 11 is 14.8. The summed E-state index contributed by atoms with van der Waals surface area (Å²) in [5.41, 5.74) is 1.46. The molecule has 1 saturated carbocycles. The maximum atomic E-state index is 6.32. The maximum Gasteiger partial charge on any atom is 0.0832 e. The Morgan fingerprint density at radius 1 is 1.07 bits per heavy atom. The lowest BCUT2D eigenvalue weighted by molar-refractivity contribution is 0.171. The van der Waals surface area contributed by atoms with Crippen LogP contribution in [0, 0.1) is 5.92 Å². The van der Waals surface area contributed by atoms with E-state index in [2.05, 4.69) is 63.0 Å². The predicted molar refractivity (Wildman–Crippen MR) is 117 cm³/mol. The van der Waals surface area contributed by atoms with E-state index < -0.39 is 0 Å². The molecule has 1 aromatic carbocycles. The minimum absolute atomic E-state index is 0.646. The highest BCUT2D eigenvalue weighted by Crippen LogP contribution is 2.37. The monoisotopic (exact) mass is 434 g/mol. The van der Waals surface area contributed by atoms with E-state index in [1.807, 2.05) is 6.07 Å². The summed E-state index contributed by atoms with van der Waals surface area (Å²) in [5, 5.41) is 4.33. The zero-order valence-corrected chi connectivity index (χ0v) is 18.6. The van der Waals surface area contributed by atoms with Crippen LogP contribution >= 0.6 is 35.3 Å². The Balaban J connectivity index is 0.000000817. The van der Waals surface area contributed by atoms with Gasteiger partial charge in [0.2, 0.25) is 0 Å². The van der Waals surface area contributed by atoms with Crippen LogP contribution in [-0.2, 0) is 3.84 Å². The summed E-state index contributed by atoms with van der Waals surface area (Å²) in [7, 11) is 2.10. The van der Waals surface area contributed by atoms with Crippen molar-refractivity contribution in [3.63, 3.8) is 0 Å². The number of benzene rings is 1. The van der Waals surface area contributed by atoms with Gasteiger partial charge in [-0.15, -0.1) is 0 Å². The molecule has 3 rings (SSSR count). The third kappa shape index (κ3) is 8.08. The van der Waals surface area contributed by atoms with Gasteiger partial charge >= 0.3 is 0 Å². The van der Waals surface area contributed by atoms with E-state index in [1.165, 1.54) is 76.6 Å². The van der Waals surface area contributed by atoms with Gasteiger partial charge in [0.25, 0.3) is 0 Å². The van der Waals surface area contributed by atoms with Gasteiger partial charge in [-0.2, -0.15) is 3.84 Å². The molecule has 27 heavy (non-hydrogen) atoms. The molecular weight excluding hydrogens is 403 g/mol. The Morgan fingerprint density at radius 3 is 2.26 bits per heavy atom. The van der Waals surface area contributed by atoms with Crippen molar-refractivity contribution < 1.29 is 3.84 Å². The smallest absolute Gasteiger partial charge is 0.0832 e. The summed E-state index contributed by atoms with van der Waals surface area (Å²) in [5.74, 6) is 1.47. The summed E-state index contributed by atoms with van der Waals surface area (Å²) < 4.78 is 3.19. The van der Waals surface area contributed by atoms with Crippen molar-refractivity contribution in [3.8, 4) is 0 Å². The van der Waals surface area contributed by atoms with Crippen molar-refractivity contribution in [1.82, 2.24) is 10.2 Å². The van der Waals surface area contributed by atoms with Gasteiger partial charge in [-0.3, -0.25) is 0 Å². The van der Waals surface area contributed by atoms with E-state index in [0.717, 1.165) is 10.9 Å². The molecule has 1 saturated heterocycles. The molecule has 0 aromatic heterocycles. The lowest BCUT2D eigenvalue weighted by Crippen LogP contribution is -2.43. The first-order valence-electron chi connectivity index (χ1n) is 10.2. The lowest BCUT2D eigenvalue weighted by Gasteiger charge is -2.37. The largest absolute Gasteiger partial charge is 0.317 e. The van der Waals surface area contributed by atoms with Crippen molar-refractivity contribution in [2.24, 2.45) is 5.92 Å². The zero-order chi connectivity index (χ0) is 19.5. The maximum absolute atomic E-state index is 6.32. The van der Waals surface area contributed by atoms with Gasteiger partial charge in [0.15, 0.2) is 0 Å². The summed E-state index contributed by atoms with van der Waals surface area (Å²) in [6.07, 6.45) is 11.0. The second-order valence-corrected chi connectivity index (χ2v) is 8.74. The summed E-state index contributed by atoms with van der Waals surface area (Å²) in [4.78, 5) is 2.70. The van der Waals surface area contributed by atoms with Crippen molar-refractivity contribution in [3.05, 3.63) is 34.9 Å². The molecule has 3 nitrogen and oxygen atoms in total. The number of nitrogens with zero attached hydrogens (tertiary/aromatic N) is 1. The van der Waals surface area contributed by atoms with E-state index in [4.69, 9.17) is 11.6 Å². The van der Waals surface area contributed by atoms with Gasteiger partial charge in [0, 0.05) is 17.6 Å². The molecule has 154 valence electrons. The molecule has 2 fully saturated rings. The molecule has 1 N–H and O–H groups in total. The average molecular weight is 436 g/mol. The molecule has 1 heterocycles. The Labute approximate surface area is 180 Å². The first-order chi connectivity index (χ1) is 13.2. The van der Waals surface area contributed by atoms with E-state index in [0.29, 0.717) is 12.0 Å². The molecule has 1 aliphatic carbocycles. The summed E-state index contributed by atoms with van der Waals surface area (Å²) in [6, 6.07) is 9.38. The van der Waals surface area contributed by atoms with Gasteiger partial charge in [0.05, 0.1) is 23.7 Å². The van der Waals surface area contributed by atoms with Crippen LogP contribution in [-0.4, -0.2) is 37.6 Å². The van der Waals surface area contributed by atoms with E-state index in [1.54, 1.807) is 0 Å². The van der Waals surface area contributed by atoms with Gasteiger partial charge in [0.1, 0.15) is 0 Å². The number of likely N-dealkylation sites (tertiary alicyclic amines) is 1. The van der Waals surface area contributed by atoms with Crippen LogP contribution < -0.4 is 5.32 Å². The first-order valence-corrected chi connectivity index (χ1v) is 11.2. The molecular formula is C21H33Cl3N2O. The molecule has 1 atom stereocenters. The molecule has 0 bridgehead atoms. The molecule has 1 aromatic rings. The molecule has 2 aliphatic rings. The van der Waals surface area contributed by atoms with Crippen LogP contribution in [0.3, 0.4) is 0 Å². The third-order valence-corrected chi connectivity index (χ3v) is 6.43. The number of hydrogen-bond acceptors (Lipinski definition) is 3. The molecule has 6 heteroatoms. The highest BCUT2D eigenvalue weighted by Gasteiger charge is 2.28. The Morgan fingerprint density at radius 2 is 1.70 bits per heavy atom. The van der Waals surface area contributed by atoms with Crippen molar-refractivity contribution in [1.29, 1.82) is 0 Å². The van der Waals surface area contributed by atoms with Crippen LogP contribution in [0.4, 0.5) is 0 Å². The van der Waals surface area contributed by atoms with Crippen LogP contribution in [0.15, 0.2) is 24.3 Å². The molecule has 0 spiro atoms. The summed E-state index contributed by atoms with van der Waals surface area (Å²) in [6.45, 7) is 3.67. The quantitative estimate of drug-likeness (QED) is 0.542. The average Bonchev–Trinajstić information content (AvgIpc) is 2.96. The third-order valence-electron chi connectivity index (χ3n) is 6.20. The number of hydrogen-bond donors (Lipinski definition) is 1. The number of nitrogens with one attached hydrogen (secondary N) is 1. The van der Waals surface area contributed by atoms with Gasteiger partial charge in [-0.1, -0.05) is 49.4 Å². The van der Waals surface area contributed by atoms with Crippen LogP contribution in [0.1, 0.15) is 62.8 Å². The SMILES string of the molecule is CNC1CCN(CC(c2cccc(Cl)c2)C2CCCCCC2)CC1.ClOCl. The highest BCUT2D eigenvalue weighted by atomic mass is 35.6. The van der Waals surface area contributed by atoms with Gasteiger partial charge in [-0.05, 0) is 75.4 Å². The van der Waals surface area contributed by atoms with Gasteiger partial charge in [-0.25, -0.2) is 0 Å². The molecule has 1 unspecified atom stereocenters. The minimum atomic E-state index is 0.646. The normalized spacial score (nSPS) is 21.2. The van der Waals surface area contributed by atoms with Gasteiger partial charge < -0.3 is 10.2 Å². The minimum Gasteiger partial charge on any atom is -0.317 e. The second-order valence-electron chi connectivity index (χ2n) is 7.84. The van der Waals surface area contributed by atoms with Crippen molar-refractivity contribution in [2.45, 2.75) is 63.3 Å². The lowest BCUT2D eigenvalue weighted by atomic mass is 9.80. The fraction of sp³-hybridized carbons (Fsp3) is 0.714. The molecule has 0 amide bonds. The van der Waals surface area contributed by atoms with Crippen LogP contribution in [0.5, 0.6) is 0 Å². The first kappa shape index (κ1) is 23.3. The topological polar surface area (TPSA) is 24.5 Å². The standard InChI is InChI=1S/C21H33ClN2.Cl2O/c1-23-20-11-13-24(14-12-20)16-21(17-7-4-2-3-5-8-17)18-9-6-10-19(22)15-18;1-3-2/h6,9-10,15,17,20-21,23H,2-5,7-8,11-14,16H2,1H3;. The number of rotatable bonds is 5. The van der Waals surface area contributed by atoms with Crippen LogP contribution in [0.2, 0.25) is 5.02 Å². The Bertz CT molecular complexity index is 516. The van der Waals surface area contributed by atoms with Crippen molar-refractivity contribution >= 4 is 35.3 Å². The zero-order valence-electron chi connectivity index (χ0n) is 16.3. The fourth-order valence-corrected chi connectivity index (χ4v) is 4.86. The molecule has 0 radical (unpaired) electrons. The predicted octanol–water partition coefficient (Wildman–Crippen LogP) is 6.39. The number of piperidine rings is 1. The Hall–Kier alpha value is -0.0300. The highest BCUT2D eigenvalue weighted by molar-refractivity contribution is 6.30. The molecule has 1 aliphatic heterocycles. The second kappa shape index (κ2) is 13.2. The fourth-order valence-electron chi connectivity index (χ4n) is 4.66. The number of halogens is 3. The van der Waals surface area contributed by atoms with E-state index in [9.17, 15) is 0 Å². The van der Waals surface area contributed by atoms with E-state index >= 15 is 0 Å². The van der Waals surface area contributed by atoms with Crippen LogP contribution in [0.25, 0.3) is 0 Å². The van der Waals surface area contributed by atoms with E-state index in [-0.39, 0.29) is 0 Å². The van der Waals surface area contributed by atoms with Crippen molar-refractivity contribution in [2.75, 3.05) is 26.7 Å².